The Morgan fingerprint density at radius 1 is 1.00 bits per heavy atom. The van der Waals surface area contributed by atoms with Gasteiger partial charge in [-0.2, -0.15) is 4.98 Å². The number of carbonyl (C=O) groups is 1. The lowest BCUT2D eigenvalue weighted by Gasteiger charge is -2.35. The van der Waals surface area contributed by atoms with E-state index < -0.39 is 0 Å². The molecule has 148 valence electrons. The molecule has 3 heterocycles. The van der Waals surface area contributed by atoms with Gasteiger partial charge in [0.15, 0.2) is 0 Å². The molecule has 7 nitrogen and oxygen atoms in total. The van der Waals surface area contributed by atoms with Gasteiger partial charge in [-0.25, -0.2) is 9.78 Å². The fourth-order valence-electron chi connectivity index (χ4n) is 3.66. The Morgan fingerprint density at radius 2 is 1.75 bits per heavy atom. The number of hydrogen-bond acceptors (Lipinski definition) is 5. The van der Waals surface area contributed by atoms with E-state index >= 15 is 0 Å². The van der Waals surface area contributed by atoms with Crippen molar-refractivity contribution in [3.63, 3.8) is 0 Å². The van der Waals surface area contributed by atoms with Crippen molar-refractivity contribution in [3.8, 4) is 0 Å². The first-order valence-electron chi connectivity index (χ1n) is 9.75. The van der Waals surface area contributed by atoms with Crippen LogP contribution < -0.4 is 15.1 Å². The maximum Gasteiger partial charge on any atom is 0.321 e. The van der Waals surface area contributed by atoms with E-state index in [0.29, 0.717) is 23.8 Å². The Labute approximate surface area is 170 Å². The average Bonchev–Trinajstić information content (AvgIpc) is 3.22. The molecule has 2 aliphatic heterocycles. The Morgan fingerprint density at radius 3 is 2.46 bits per heavy atom. The number of aryl methyl sites for hydroxylation is 1. The van der Waals surface area contributed by atoms with Crippen LogP contribution in [0.4, 0.5) is 22.2 Å². The molecule has 0 aliphatic carbocycles. The molecule has 2 amide bonds. The zero-order chi connectivity index (χ0) is 19.5. The summed E-state index contributed by atoms with van der Waals surface area (Å²) in [5.41, 5.74) is 1.69. The van der Waals surface area contributed by atoms with Crippen LogP contribution in [0.15, 0.2) is 30.3 Å². The third kappa shape index (κ3) is 4.30. The number of nitrogens with zero attached hydrogens (tertiary/aromatic N) is 5. The predicted octanol–water partition coefficient (Wildman–Crippen LogP) is 3.39. The molecule has 0 bridgehead atoms. The van der Waals surface area contributed by atoms with Crippen molar-refractivity contribution in [2.75, 3.05) is 54.4 Å². The molecule has 4 rings (SSSR count). The summed E-state index contributed by atoms with van der Waals surface area (Å²) in [5.74, 6) is 1.78. The van der Waals surface area contributed by atoms with Crippen LogP contribution in [0, 0.1) is 6.92 Å². The number of carbonyl (C=O) groups excluding carboxylic acids is 1. The van der Waals surface area contributed by atoms with E-state index in [1.165, 1.54) is 12.8 Å². The fourth-order valence-corrected chi connectivity index (χ4v) is 3.85. The summed E-state index contributed by atoms with van der Waals surface area (Å²) in [6, 6.07) is 9.13. The molecule has 2 aliphatic rings. The van der Waals surface area contributed by atoms with Crippen LogP contribution in [0.2, 0.25) is 5.02 Å². The van der Waals surface area contributed by atoms with E-state index in [-0.39, 0.29) is 6.03 Å². The topological polar surface area (TPSA) is 64.6 Å². The molecule has 1 N–H and O–H groups in total. The van der Waals surface area contributed by atoms with Crippen molar-refractivity contribution in [2.45, 2.75) is 19.8 Å². The number of urea groups is 1. The molecule has 1 aromatic carbocycles. The van der Waals surface area contributed by atoms with Gasteiger partial charge in [0.1, 0.15) is 5.82 Å². The fraction of sp³-hybridized carbons (Fsp3) is 0.450. The minimum atomic E-state index is -0.0986. The number of nitrogens with one attached hydrogen (secondary N) is 1. The van der Waals surface area contributed by atoms with Gasteiger partial charge in [0.05, 0.1) is 0 Å². The molecule has 0 atom stereocenters. The number of piperazine rings is 1. The second-order valence-corrected chi connectivity index (χ2v) is 7.71. The maximum atomic E-state index is 12.5. The molecule has 2 saturated heterocycles. The summed E-state index contributed by atoms with van der Waals surface area (Å²) < 4.78 is 0. The zero-order valence-electron chi connectivity index (χ0n) is 16.1. The highest BCUT2D eigenvalue weighted by Crippen LogP contribution is 2.22. The molecule has 28 heavy (non-hydrogen) atoms. The summed E-state index contributed by atoms with van der Waals surface area (Å²) in [5, 5.41) is 3.52. The normalized spacial score (nSPS) is 17.1. The van der Waals surface area contributed by atoms with Gasteiger partial charge in [-0.1, -0.05) is 17.7 Å². The van der Waals surface area contributed by atoms with E-state index in [1.54, 1.807) is 12.1 Å². The Bertz CT molecular complexity index is 846. The minimum absolute atomic E-state index is 0.0986. The van der Waals surface area contributed by atoms with E-state index in [4.69, 9.17) is 16.6 Å². The smallest absolute Gasteiger partial charge is 0.321 e. The number of benzene rings is 1. The van der Waals surface area contributed by atoms with Gasteiger partial charge in [0.2, 0.25) is 5.95 Å². The van der Waals surface area contributed by atoms with Gasteiger partial charge in [0, 0.05) is 61.7 Å². The van der Waals surface area contributed by atoms with Crippen LogP contribution in [0.1, 0.15) is 18.5 Å². The monoisotopic (exact) mass is 400 g/mol. The predicted molar refractivity (Wildman–Crippen MR) is 112 cm³/mol. The van der Waals surface area contributed by atoms with Crippen molar-refractivity contribution in [1.29, 1.82) is 0 Å². The Hall–Kier alpha value is -2.54. The first-order valence-corrected chi connectivity index (χ1v) is 10.1. The van der Waals surface area contributed by atoms with Gasteiger partial charge >= 0.3 is 6.03 Å². The molecule has 8 heteroatoms. The second kappa shape index (κ2) is 8.22. The van der Waals surface area contributed by atoms with Crippen molar-refractivity contribution < 1.29 is 4.79 Å². The highest BCUT2D eigenvalue weighted by atomic mass is 35.5. The summed E-state index contributed by atoms with van der Waals surface area (Å²) in [6.07, 6.45) is 2.40. The number of amides is 2. The molecule has 0 radical (unpaired) electrons. The van der Waals surface area contributed by atoms with Gasteiger partial charge in [-0.05, 0) is 38.0 Å². The molecule has 2 aromatic rings. The molecule has 0 unspecified atom stereocenters. The van der Waals surface area contributed by atoms with Crippen LogP contribution in [-0.4, -0.2) is 60.2 Å². The van der Waals surface area contributed by atoms with E-state index in [9.17, 15) is 4.79 Å². The average molecular weight is 401 g/mol. The number of aromatic nitrogens is 2. The molecular formula is C20H25ClN6O. The zero-order valence-corrected chi connectivity index (χ0v) is 16.8. The lowest BCUT2D eigenvalue weighted by molar-refractivity contribution is 0.208. The quantitative estimate of drug-likeness (QED) is 0.855. The molecule has 2 fully saturated rings. The Kier molecular flexibility index (Phi) is 5.52. The van der Waals surface area contributed by atoms with Crippen LogP contribution in [-0.2, 0) is 0 Å². The minimum Gasteiger partial charge on any atom is -0.353 e. The van der Waals surface area contributed by atoms with Gasteiger partial charge in [-0.15, -0.1) is 0 Å². The second-order valence-electron chi connectivity index (χ2n) is 7.28. The summed E-state index contributed by atoms with van der Waals surface area (Å²) in [7, 11) is 0. The number of anilines is 3. The van der Waals surface area contributed by atoms with E-state index in [1.807, 2.05) is 30.0 Å². The van der Waals surface area contributed by atoms with E-state index in [2.05, 4.69) is 20.1 Å². The van der Waals surface area contributed by atoms with Gasteiger partial charge < -0.3 is 20.0 Å². The summed E-state index contributed by atoms with van der Waals surface area (Å²) in [4.78, 5) is 28.2. The maximum absolute atomic E-state index is 12.5. The SMILES string of the molecule is Cc1cc(N2CCN(C(=O)Nc3cccc(Cl)c3)CC2)nc(N2CCCC2)n1. The van der Waals surface area contributed by atoms with Gasteiger partial charge in [-0.3, -0.25) is 0 Å². The van der Waals surface area contributed by atoms with Crippen LogP contribution >= 0.6 is 11.6 Å². The molecular weight excluding hydrogens is 376 g/mol. The lowest BCUT2D eigenvalue weighted by atomic mass is 10.3. The first kappa shape index (κ1) is 18.8. The largest absolute Gasteiger partial charge is 0.353 e. The number of hydrogen-bond donors (Lipinski definition) is 1. The standard InChI is InChI=1S/C20H25ClN6O/c1-15-13-18(24-19(22-15)26-7-2-3-8-26)25-9-11-27(12-10-25)20(28)23-17-6-4-5-16(21)14-17/h4-6,13-14H,2-3,7-12H2,1H3,(H,23,28). The van der Waals surface area contributed by atoms with Crippen molar-refractivity contribution in [2.24, 2.45) is 0 Å². The summed E-state index contributed by atoms with van der Waals surface area (Å²) in [6.45, 7) is 6.86. The number of halogens is 1. The molecule has 0 saturated carbocycles. The number of rotatable bonds is 3. The third-order valence-electron chi connectivity index (χ3n) is 5.18. The highest BCUT2D eigenvalue weighted by Gasteiger charge is 2.24. The molecule has 1 aromatic heterocycles. The van der Waals surface area contributed by atoms with Gasteiger partial charge in [0.25, 0.3) is 0 Å². The lowest BCUT2D eigenvalue weighted by Crippen LogP contribution is -2.50. The van der Waals surface area contributed by atoms with E-state index in [0.717, 1.165) is 43.6 Å². The first-order chi connectivity index (χ1) is 13.6. The highest BCUT2D eigenvalue weighted by molar-refractivity contribution is 6.30. The summed E-state index contributed by atoms with van der Waals surface area (Å²) >= 11 is 5.99. The van der Waals surface area contributed by atoms with Crippen LogP contribution in [0.25, 0.3) is 0 Å². The molecule has 0 spiro atoms. The van der Waals surface area contributed by atoms with Crippen LogP contribution in [0.5, 0.6) is 0 Å². The Balaban J connectivity index is 1.38. The van der Waals surface area contributed by atoms with Crippen molar-refractivity contribution in [1.82, 2.24) is 14.9 Å². The van der Waals surface area contributed by atoms with Crippen molar-refractivity contribution >= 4 is 35.1 Å². The third-order valence-corrected chi connectivity index (χ3v) is 5.42. The van der Waals surface area contributed by atoms with Crippen LogP contribution in [0.3, 0.4) is 0 Å². The van der Waals surface area contributed by atoms with Crippen molar-refractivity contribution in [3.05, 3.63) is 41.0 Å².